The van der Waals surface area contributed by atoms with Crippen LogP contribution in [0, 0.1) is 5.92 Å². The van der Waals surface area contributed by atoms with Crippen LogP contribution in [0.1, 0.15) is 58.8 Å². The van der Waals surface area contributed by atoms with E-state index in [1.165, 1.54) is 17.5 Å². The largest absolute Gasteiger partial charge is 0.377 e. The summed E-state index contributed by atoms with van der Waals surface area (Å²) in [6.45, 7) is 3.68. The molecule has 200 valence electrons. The molecule has 0 aromatic heterocycles. The summed E-state index contributed by atoms with van der Waals surface area (Å²) >= 11 is 0. The number of carbonyl (C=O) groups excluding carboxylic acids is 1. The maximum Gasteiger partial charge on any atom is 0.253 e. The third kappa shape index (κ3) is 5.56. The molecule has 6 nitrogen and oxygen atoms in total. The third-order valence-electron chi connectivity index (χ3n) is 8.34. The summed E-state index contributed by atoms with van der Waals surface area (Å²) < 4.78 is 0. The predicted molar refractivity (Wildman–Crippen MR) is 158 cm³/mol. The first kappa shape index (κ1) is 26.6. The molecule has 0 saturated heterocycles. The zero-order valence-electron chi connectivity index (χ0n) is 22.3. The lowest BCUT2D eigenvalue weighted by atomic mass is 9.89. The summed E-state index contributed by atoms with van der Waals surface area (Å²) in [5.41, 5.74) is 0.415. The summed E-state index contributed by atoms with van der Waals surface area (Å²) in [6.07, 6.45) is 7.24. The van der Waals surface area contributed by atoms with E-state index in [0.29, 0.717) is 23.0 Å². The van der Waals surface area contributed by atoms with Crippen LogP contribution < -0.4 is 37.4 Å². The summed E-state index contributed by atoms with van der Waals surface area (Å²) in [5.74, 6) is 0.321. The summed E-state index contributed by atoms with van der Waals surface area (Å²) in [7, 11) is -0.558. The van der Waals surface area contributed by atoms with Crippen molar-refractivity contribution in [2.45, 2.75) is 82.6 Å². The average Bonchev–Trinajstić information content (AvgIpc) is 3.42. The summed E-state index contributed by atoms with van der Waals surface area (Å²) in [5, 5.41) is 12.6. The van der Waals surface area contributed by atoms with Gasteiger partial charge in [0.2, 0.25) is 5.91 Å². The van der Waals surface area contributed by atoms with Gasteiger partial charge >= 0.3 is 0 Å². The molecule has 0 heterocycles. The molecule has 0 bridgehead atoms. The molecule has 38 heavy (non-hydrogen) atoms. The van der Waals surface area contributed by atoms with Crippen LogP contribution in [0.2, 0.25) is 0 Å². The van der Waals surface area contributed by atoms with E-state index >= 15 is 0 Å². The number of carbonyl (C=O) groups is 1. The highest BCUT2D eigenvalue weighted by atomic mass is 31.1. The Labute approximate surface area is 226 Å². The lowest BCUT2D eigenvalue weighted by Crippen LogP contribution is -2.50. The van der Waals surface area contributed by atoms with E-state index < -0.39 is 18.8 Å². The molecule has 3 aromatic carbocycles. The highest BCUT2D eigenvalue weighted by Crippen LogP contribution is 2.51. The molecule has 5 atom stereocenters. The molecule has 5 rings (SSSR count). The fourth-order valence-electron chi connectivity index (χ4n) is 6.51. The van der Waals surface area contributed by atoms with Gasteiger partial charge in [0.1, 0.15) is 11.4 Å². The number of rotatable bonds is 9. The molecule has 3 aromatic rings. The van der Waals surface area contributed by atoms with E-state index in [4.69, 9.17) is 0 Å². The fraction of sp³-hybridized carbons (Fsp3) is 0.452. The highest BCUT2D eigenvalue weighted by molar-refractivity contribution is 7.73. The van der Waals surface area contributed by atoms with Crippen LogP contribution in [0.15, 0.2) is 70.3 Å². The first-order valence-electron chi connectivity index (χ1n) is 14.0. The number of anilines is 2. The first-order chi connectivity index (χ1) is 18.4. The zero-order chi connectivity index (χ0) is 26.6. The van der Waals surface area contributed by atoms with E-state index in [1.807, 2.05) is 0 Å². The second-order valence-corrected chi connectivity index (χ2v) is 13.3. The molecule has 2 fully saturated rings. The summed E-state index contributed by atoms with van der Waals surface area (Å²) in [6, 6.07) is 21.6. The number of benzene rings is 2. The Morgan fingerprint density at radius 2 is 1.37 bits per heavy atom. The van der Waals surface area contributed by atoms with Gasteiger partial charge in [-0.3, -0.25) is 14.4 Å². The fourth-order valence-corrected chi connectivity index (χ4v) is 9.79. The Balaban J connectivity index is 1.36. The van der Waals surface area contributed by atoms with Crippen LogP contribution in [0.3, 0.4) is 0 Å². The molecule has 3 N–H and O–H groups in total. The van der Waals surface area contributed by atoms with Gasteiger partial charge < -0.3 is 16.0 Å². The van der Waals surface area contributed by atoms with Gasteiger partial charge in [0.15, 0.2) is 0 Å². The van der Waals surface area contributed by atoms with Gasteiger partial charge in [-0.15, -0.1) is 0 Å². The zero-order valence-corrected chi connectivity index (χ0v) is 23.2. The van der Waals surface area contributed by atoms with Crippen LogP contribution in [0.4, 0.5) is 11.4 Å². The van der Waals surface area contributed by atoms with Crippen molar-refractivity contribution >= 4 is 35.8 Å². The molecule has 2 saturated carbocycles. The first-order valence-corrected chi connectivity index (χ1v) is 15.4. The number of hydrogen-bond acceptors (Lipinski definition) is 5. The Kier molecular flexibility index (Phi) is 8.28. The molecular formula is C31H38N3O3P. The van der Waals surface area contributed by atoms with Crippen molar-refractivity contribution in [2.24, 2.45) is 5.92 Å². The second-order valence-electron chi connectivity index (χ2n) is 10.9. The van der Waals surface area contributed by atoms with Crippen molar-refractivity contribution < 1.29 is 4.79 Å². The Morgan fingerprint density at radius 3 is 1.97 bits per heavy atom. The van der Waals surface area contributed by atoms with E-state index in [2.05, 4.69) is 83.5 Å². The van der Waals surface area contributed by atoms with Gasteiger partial charge in [-0.05, 0) is 62.7 Å². The smallest absolute Gasteiger partial charge is 0.253 e. The van der Waals surface area contributed by atoms with Crippen molar-refractivity contribution in [3.05, 3.63) is 81.1 Å². The van der Waals surface area contributed by atoms with E-state index in [0.717, 1.165) is 44.9 Å². The van der Waals surface area contributed by atoms with Gasteiger partial charge in [0, 0.05) is 25.0 Å². The van der Waals surface area contributed by atoms with Gasteiger partial charge in [0.25, 0.3) is 10.9 Å². The van der Waals surface area contributed by atoms with Crippen LogP contribution in [0.5, 0.6) is 0 Å². The normalized spacial score (nSPS) is 24.3. The molecule has 0 spiro atoms. The van der Waals surface area contributed by atoms with Crippen LogP contribution in [0.25, 0.3) is 0 Å². The van der Waals surface area contributed by atoms with Crippen LogP contribution in [-0.2, 0) is 4.79 Å². The SMILES string of the molecule is CC(=O)N[C@H]1CCCC[C@@H]1Nc1c(N[C@H](C)C2CCCC2P(c2ccccc2)c2ccccc2)c(=O)c1=O. The van der Waals surface area contributed by atoms with Crippen molar-refractivity contribution in [2.75, 3.05) is 10.6 Å². The van der Waals surface area contributed by atoms with Gasteiger partial charge in [0.05, 0.1) is 0 Å². The Bertz CT molecular complexity index is 1270. The maximum absolute atomic E-state index is 12.7. The van der Waals surface area contributed by atoms with Gasteiger partial charge in [-0.1, -0.05) is 79.9 Å². The minimum Gasteiger partial charge on any atom is -0.377 e. The molecule has 0 radical (unpaired) electrons. The Hall–Kier alpha value is -2.98. The van der Waals surface area contributed by atoms with E-state index in [1.54, 1.807) is 0 Å². The summed E-state index contributed by atoms with van der Waals surface area (Å²) in [4.78, 5) is 37.0. The average molecular weight is 532 g/mol. The number of nitrogens with one attached hydrogen (secondary N) is 3. The minimum atomic E-state index is -0.558. The quantitative estimate of drug-likeness (QED) is 0.284. The topological polar surface area (TPSA) is 87.3 Å². The van der Waals surface area contributed by atoms with E-state index in [-0.39, 0.29) is 24.0 Å². The van der Waals surface area contributed by atoms with Gasteiger partial charge in [-0.2, -0.15) is 0 Å². The second kappa shape index (κ2) is 11.8. The lowest BCUT2D eigenvalue weighted by molar-refractivity contribution is -0.119. The van der Waals surface area contributed by atoms with Crippen LogP contribution >= 0.6 is 7.92 Å². The third-order valence-corrected chi connectivity index (χ3v) is 11.4. The number of amides is 1. The molecule has 0 aliphatic heterocycles. The van der Waals surface area contributed by atoms with Crippen molar-refractivity contribution in [3.8, 4) is 0 Å². The Morgan fingerprint density at radius 1 is 0.789 bits per heavy atom. The molecular weight excluding hydrogens is 493 g/mol. The van der Waals surface area contributed by atoms with Crippen molar-refractivity contribution in [1.82, 2.24) is 5.32 Å². The van der Waals surface area contributed by atoms with Crippen LogP contribution in [-0.4, -0.2) is 29.7 Å². The molecule has 2 aliphatic rings. The highest BCUT2D eigenvalue weighted by Gasteiger charge is 2.39. The standard InChI is InChI=1S/C31H38N3O3P/c1-20(32-28-29(31(37)30(28)36)34-26-18-10-9-17-25(26)33-21(2)35)24-16-11-19-27(24)38(22-12-5-3-6-13-22)23-14-7-4-8-15-23/h3-8,12-15,20,24-27,32,34H,9-11,16-19H2,1-2H3,(H,33,35)/t20-,24?,25+,26+,27?/m1/s1. The maximum atomic E-state index is 12.7. The van der Waals surface area contributed by atoms with E-state index in [9.17, 15) is 14.4 Å². The number of hydrogen-bond donors (Lipinski definition) is 3. The monoisotopic (exact) mass is 531 g/mol. The minimum absolute atomic E-state index is 0.0320. The van der Waals surface area contributed by atoms with Crippen molar-refractivity contribution in [3.63, 3.8) is 0 Å². The molecule has 2 aliphatic carbocycles. The molecule has 7 heteroatoms. The lowest BCUT2D eigenvalue weighted by Gasteiger charge is -2.36. The van der Waals surface area contributed by atoms with Crippen molar-refractivity contribution in [1.29, 1.82) is 0 Å². The molecule has 2 unspecified atom stereocenters. The predicted octanol–water partition coefficient (Wildman–Crippen LogP) is 4.24. The molecule has 1 amide bonds. The van der Waals surface area contributed by atoms with Gasteiger partial charge in [-0.25, -0.2) is 0 Å².